The Morgan fingerprint density at radius 2 is 1.79 bits per heavy atom. The summed E-state index contributed by atoms with van der Waals surface area (Å²) in [4.78, 5) is 28.0. The summed E-state index contributed by atoms with van der Waals surface area (Å²) in [5.74, 6) is 1.12. The van der Waals surface area contributed by atoms with E-state index in [2.05, 4.69) is 44.5 Å². The fourth-order valence-electron chi connectivity index (χ4n) is 5.15. The first-order chi connectivity index (χ1) is 16.2. The number of hydrogen-bond donors (Lipinski definition) is 1. The number of benzene rings is 1. The van der Waals surface area contributed by atoms with Gasteiger partial charge in [-0.2, -0.15) is 0 Å². The lowest BCUT2D eigenvalue weighted by Crippen LogP contribution is -2.38. The van der Waals surface area contributed by atoms with Gasteiger partial charge in [0, 0.05) is 50.0 Å². The van der Waals surface area contributed by atoms with Crippen LogP contribution in [0.25, 0.3) is 11.4 Å². The van der Waals surface area contributed by atoms with E-state index in [-0.39, 0.29) is 5.56 Å². The second-order valence-electron chi connectivity index (χ2n) is 9.32. The van der Waals surface area contributed by atoms with Crippen LogP contribution < -0.4 is 15.8 Å². The number of nitrogens with one attached hydrogen (secondary N) is 1. The Labute approximate surface area is 194 Å². The fourth-order valence-corrected chi connectivity index (χ4v) is 5.15. The van der Waals surface area contributed by atoms with Crippen LogP contribution in [-0.4, -0.2) is 38.7 Å². The molecular formula is C26H32N6O. The van der Waals surface area contributed by atoms with Gasteiger partial charge >= 0.3 is 0 Å². The molecule has 0 spiro atoms. The first-order valence-corrected chi connectivity index (χ1v) is 12.1. The maximum Gasteiger partial charge on any atom is 0.255 e. The van der Waals surface area contributed by atoms with Gasteiger partial charge in [0.25, 0.3) is 5.56 Å². The second kappa shape index (κ2) is 9.73. The lowest BCUT2D eigenvalue weighted by molar-refractivity contribution is 0.462. The predicted octanol–water partition coefficient (Wildman–Crippen LogP) is 4.37. The van der Waals surface area contributed by atoms with Gasteiger partial charge in [0.15, 0.2) is 0 Å². The van der Waals surface area contributed by atoms with Gasteiger partial charge in [-0.05, 0) is 49.4 Å². The molecule has 7 heteroatoms. The molecule has 1 N–H and O–H groups in total. The largest absolute Gasteiger partial charge is 0.382 e. The average molecular weight is 445 g/mol. The normalized spacial score (nSPS) is 19.4. The van der Waals surface area contributed by atoms with Crippen molar-refractivity contribution in [1.29, 1.82) is 0 Å². The molecule has 0 radical (unpaired) electrons. The first kappa shape index (κ1) is 21.6. The van der Waals surface area contributed by atoms with Crippen LogP contribution >= 0.6 is 0 Å². The molecule has 1 atom stereocenters. The predicted molar refractivity (Wildman–Crippen MR) is 132 cm³/mol. The maximum absolute atomic E-state index is 12.7. The van der Waals surface area contributed by atoms with Gasteiger partial charge < -0.3 is 10.2 Å². The molecule has 5 rings (SSSR count). The number of rotatable bonds is 5. The van der Waals surface area contributed by atoms with Crippen molar-refractivity contribution < 1.29 is 0 Å². The van der Waals surface area contributed by atoms with Gasteiger partial charge in [0.1, 0.15) is 6.33 Å². The van der Waals surface area contributed by atoms with Gasteiger partial charge in [0.05, 0.1) is 11.4 Å². The number of anilines is 2. The van der Waals surface area contributed by atoms with Crippen molar-refractivity contribution in [2.75, 3.05) is 23.3 Å². The smallest absolute Gasteiger partial charge is 0.255 e. The van der Waals surface area contributed by atoms with Crippen molar-refractivity contribution in [3.05, 3.63) is 64.8 Å². The third-order valence-corrected chi connectivity index (χ3v) is 7.02. The highest BCUT2D eigenvalue weighted by Gasteiger charge is 2.25. The SMILES string of the molecule is Cn1c(N2CCCC(c3ccc(NC4CCCCC4)cc3)C2)nc(-c2ccncn2)cc1=O. The topological polar surface area (TPSA) is 75.9 Å². The minimum absolute atomic E-state index is 0.0751. The summed E-state index contributed by atoms with van der Waals surface area (Å²) in [5, 5.41) is 3.71. The van der Waals surface area contributed by atoms with E-state index < -0.39 is 0 Å². The Kier molecular flexibility index (Phi) is 6.37. The van der Waals surface area contributed by atoms with Crippen LogP contribution in [-0.2, 0) is 7.05 Å². The Morgan fingerprint density at radius 1 is 0.970 bits per heavy atom. The molecule has 1 aliphatic carbocycles. The Morgan fingerprint density at radius 3 is 2.55 bits per heavy atom. The molecule has 0 amide bonds. The lowest BCUT2D eigenvalue weighted by atomic mass is 9.90. The van der Waals surface area contributed by atoms with Crippen LogP contribution in [0.15, 0.2) is 53.7 Å². The molecule has 7 nitrogen and oxygen atoms in total. The van der Waals surface area contributed by atoms with E-state index in [1.807, 2.05) is 0 Å². The minimum Gasteiger partial charge on any atom is -0.382 e. The van der Waals surface area contributed by atoms with Crippen LogP contribution in [0.5, 0.6) is 0 Å². The maximum atomic E-state index is 12.7. The molecule has 3 aromatic rings. The first-order valence-electron chi connectivity index (χ1n) is 12.1. The number of aromatic nitrogens is 4. The van der Waals surface area contributed by atoms with E-state index in [4.69, 9.17) is 4.98 Å². The van der Waals surface area contributed by atoms with Gasteiger partial charge in [-0.1, -0.05) is 31.4 Å². The van der Waals surface area contributed by atoms with Gasteiger partial charge in [-0.15, -0.1) is 0 Å². The highest BCUT2D eigenvalue weighted by atomic mass is 16.1. The van der Waals surface area contributed by atoms with Crippen molar-refractivity contribution in [3.63, 3.8) is 0 Å². The summed E-state index contributed by atoms with van der Waals surface area (Å²) >= 11 is 0. The Balaban J connectivity index is 1.33. The van der Waals surface area contributed by atoms with Gasteiger partial charge in [-0.3, -0.25) is 9.36 Å². The highest BCUT2D eigenvalue weighted by molar-refractivity contribution is 5.55. The standard InChI is InChI=1S/C26H32N6O/c1-31-25(33)16-24(23-13-14-27-18-28-23)30-26(31)32-15-5-6-20(17-32)19-9-11-22(12-10-19)29-21-7-3-2-4-8-21/h9-14,16,18,20-21,29H,2-8,15,17H2,1H3. The van der Waals surface area contributed by atoms with Gasteiger partial charge in [-0.25, -0.2) is 15.0 Å². The van der Waals surface area contributed by atoms with Crippen LogP contribution in [0.4, 0.5) is 11.6 Å². The molecule has 2 fully saturated rings. The van der Waals surface area contributed by atoms with Crippen LogP contribution in [0.3, 0.4) is 0 Å². The molecule has 0 bridgehead atoms. The Bertz CT molecular complexity index is 1120. The van der Waals surface area contributed by atoms with Crippen molar-refractivity contribution in [2.45, 2.75) is 56.9 Å². The molecule has 2 aliphatic rings. The van der Waals surface area contributed by atoms with Crippen molar-refractivity contribution >= 4 is 11.6 Å². The molecule has 172 valence electrons. The fraction of sp³-hybridized carbons (Fsp3) is 0.462. The van der Waals surface area contributed by atoms with E-state index in [0.717, 1.165) is 25.9 Å². The third kappa shape index (κ3) is 4.92. The molecule has 3 heterocycles. The second-order valence-corrected chi connectivity index (χ2v) is 9.32. The molecule has 1 unspecified atom stereocenters. The minimum atomic E-state index is -0.0751. The summed E-state index contributed by atoms with van der Waals surface area (Å²) in [6.45, 7) is 1.74. The molecule has 2 aromatic heterocycles. The molecule has 1 saturated heterocycles. The molecule has 33 heavy (non-hydrogen) atoms. The summed E-state index contributed by atoms with van der Waals surface area (Å²) in [7, 11) is 1.80. The molecule has 1 aromatic carbocycles. The summed E-state index contributed by atoms with van der Waals surface area (Å²) in [5.41, 5.74) is 3.76. The van der Waals surface area contributed by atoms with Crippen molar-refractivity contribution in [1.82, 2.24) is 19.5 Å². The average Bonchev–Trinajstić information content (AvgIpc) is 2.87. The zero-order chi connectivity index (χ0) is 22.6. The van der Waals surface area contributed by atoms with E-state index >= 15 is 0 Å². The lowest BCUT2D eigenvalue weighted by Gasteiger charge is -2.34. The van der Waals surface area contributed by atoms with Crippen molar-refractivity contribution in [2.24, 2.45) is 7.05 Å². The van der Waals surface area contributed by atoms with Crippen molar-refractivity contribution in [3.8, 4) is 11.4 Å². The van der Waals surface area contributed by atoms with E-state index in [1.165, 1.54) is 49.7 Å². The third-order valence-electron chi connectivity index (χ3n) is 7.02. The van der Waals surface area contributed by atoms with E-state index in [0.29, 0.717) is 29.3 Å². The number of nitrogens with zero attached hydrogens (tertiary/aromatic N) is 5. The Hall–Kier alpha value is -3.22. The van der Waals surface area contributed by atoms with E-state index in [1.54, 1.807) is 29.9 Å². The quantitative estimate of drug-likeness (QED) is 0.630. The summed E-state index contributed by atoms with van der Waals surface area (Å²) < 4.78 is 1.64. The van der Waals surface area contributed by atoms with E-state index in [9.17, 15) is 4.79 Å². The zero-order valence-corrected chi connectivity index (χ0v) is 19.3. The number of piperidine rings is 1. The monoisotopic (exact) mass is 444 g/mol. The molecule has 1 saturated carbocycles. The van der Waals surface area contributed by atoms with Crippen LogP contribution in [0, 0.1) is 0 Å². The van der Waals surface area contributed by atoms with Crippen LogP contribution in [0.1, 0.15) is 56.4 Å². The zero-order valence-electron chi connectivity index (χ0n) is 19.3. The summed E-state index contributed by atoms with van der Waals surface area (Å²) in [6, 6.07) is 12.9. The summed E-state index contributed by atoms with van der Waals surface area (Å²) in [6.07, 6.45) is 12.0. The highest BCUT2D eigenvalue weighted by Crippen LogP contribution is 2.31. The molecule has 1 aliphatic heterocycles. The van der Waals surface area contributed by atoms with Crippen LogP contribution in [0.2, 0.25) is 0 Å². The van der Waals surface area contributed by atoms with Gasteiger partial charge in [0.2, 0.25) is 5.95 Å². The molecular weight excluding hydrogens is 412 g/mol. The number of hydrogen-bond acceptors (Lipinski definition) is 6.